The van der Waals surface area contributed by atoms with E-state index in [1.165, 1.54) is 0 Å². The summed E-state index contributed by atoms with van der Waals surface area (Å²) < 4.78 is 7.35. The van der Waals surface area contributed by atoms with Gasteiger partial charge in [-0.2, -0.15) is 0 Å². The second-order valence-electron chi connectivity index (χ2n) is 8.93. The van der Waals surface area contributed by atoms with Crippen molar-refractivity contribution in [3.8, 4) is 39.4 Å². The Balaban J connectivity index is 1.77. The third-order valence-corrected chi connectivity index (χ3v) is 6.96. The van der Waals surface area contributed by atoms with E-state index in [1.807, 2.05) is 89.5 Å². The zero-order chi connectivity index (χ0) is 25.9. The van der Waals surface area contributed by atoms with Gasteiger partial charge in [-0.15, -0.1) is 0 Å². The molecule has 0 saturated heterocycles. The maximum absolute atomic E-state index is 13.9. The van der Waals surface area contributed by atoms with Gasteiger partial charge >= 0.3 is 0 Å². The van der Waals surface area contributed by atoms with E-state index in [0.29, 0.717) is 22.2 Å². The summed E-state index contributed by atoms with van der Waals surface area (Å²) in [4.78, 5) is 18.8. The summed E-state index contributed by atoms with van der Waals surface area (Å²) in [5, 5.41) is 2.25. The van der Waals surface area contributed by atoms with Crippen molar-refractivity contribution in [3.05, 3.63) is 105 Å². The predicted octanol–water partition coefficient (Wildman–Crippen LogP) is 8.51. The molecule has 5 aromatic rings. The molecule has 4 nitrogen and oxygen atoms in total. The van der Waals surface area contributed by atoms with Crippen LogP contribution in [0.25, 0.3) is 44.5 Å². The summed E-state index contributed by atoms with van der Waals surface area (Å²) in [5.41, 5.74) is 5.61. The first-order valence-electron chi connectivity index (χ1n) is 12.2. The molecule has 0 unspecified atom stereocenters. The zero-order valence-electron chi connectivity index (χ0n) is 20.7. The van der Waals surface area contributed by atoms with Crippen LogP contribution in [0.5, 0.6) is 5.75 Å². The van der Waals surface area contributed by atoms with Crippen molar-refractivity contribution in [2.45, 2.75) is 26.3 Å². The van der Waals surface area contributed by atoms with E-state index in [9.17, 15) is 4.79 Å². The topological polar surface area (TPSA) is 44.1 Å². The monoisotopic (exact) mass is 528 g/mol. The number of ether oxygens (including phenoxy) is 1. The maximum Gasteiger partial charge on any atom is 0.258 e. The van der Waals surface area contributed by atoms with Crippen LogP contribution in [0.15, 0.2) is 89.7 Å². The minimum atomic E-state index is -0.0265. The predicted molar refractivity (Wildman–Crippen MR) is 154 cm³/mol. The molecule has 3 aromatic carbocycles. The molecule has 37 heavy (non-hydrogen) atoms. The molecule has 2 aromatic heterocycles. The summed E-state index contributed by atoms with van der Waals surface area (Å²) >= 11 is 12.3. The Bertz CT molecular complexity index is 1560. The fraction of sp³-hybridized carbons (Fsp3) is 0.161. The van der Waals surface area contributed by atoms with Crippen molar-refractivity contribution in [2.24, 2.45) is 0 Å². The lowest BCUT2D eigenvalue weighted by molar-refractivity contribution is 0.415. The number of aryl methyl sites for hydroxylation is 1. The normalized spacial score (nSPS) is 11.1. The number of hydrogen-bond donors (Lipinski definition) is 0. The third-order valence-electron chi connectivity index (χ3n) is 6.45. The lowest BCUT2D eigenvalue weighted by Gasteiger charge is -2.15. The van der Waals surface area contributed by atoms with Gasteiger partial charge in [-0.05, 0) is 72.6 Å². The summed E-state index contributed by atoms with van der Waals surface area (Å²) in [6.07, 6.45) is 1.90. The molecule has 0 radical (unpaired) electrons. The number of aromatic nitrogens is 2. The van der Waals surface area contributed by atoms with Gasteiger partial charge < -0.3 is 9.30 Å². The Morgan fingerprint density at radius 1 is 0.784 bits per heavy atom. The summed E-state index contributed by atoms with van der Waals surface area (Å²) in [6.45, 7) is 2.77. The van der Waals surface area contributed by atoms with E-state index in [-0.39, 0.29) is 5.56 Å². The first kappa shape index (κ1) is 25.1. The van der Waals surface area contributed by atoms with Gasteiger partial charge in [-0.25, -0.2) is 4.98 Å². The standard InChI is InChI=1S/C31H26Cl2N2O2/c1-3-4-15-35-30-14-13-26(37-2)16-23(30)17-27(31(35)36)22-18-28(20-5-9-24(32)10-6-20)34-29(19-22)21-7-11-25(33)12-8-21/h5-14,16-19H,3-4,15H2,1-2H3. The molecular weight excluding hydrogens is 503 g/mol. The molecule has 0 spiro atoms. The summed E-state index contributed by atoms with van der Waals surface area (Å²) in [6, 6.07) is 26.8. The first-order chi connectivity index (χ1) is 18.0. The molecule has 0 N–H and O–H groups in total. The number of hydrogen-bond acceptors (Lipinski definition) is 3. The van der Waals surface area contributed by atoms with Crippen LogP contribution in [-0.4, -0.2) is 16.7 Å². The van der Waals surface area contributed by atoms with Crippen LogP contribution in [-0.2, 0) is 6.54 Å². The maximum atomic E-state index is 13.9. The van der Waals surface area contributed by atoms with Crippen molar-refractivity contribution in [2.75, 3.05) is 7.11 Å². The Morgan fingerprint density at radius 3 is 1.92 bits per heavy atom. The molecule has 0 atom stereocenters. The Morgan fingerprint density at radius 2 is 1.38 bits per heavy atom. The number of methoxy groups -OCH3 is 1. The number of rotatable bonds is 7. The highest BCUT2D eigenvalue weighted by Crippen LogP contribution is 2.32. The fourth-order valence-electron chi connectivity index (χ4n) is 4.46. The molecule has 0 saturated carbocycles. The second-order valence-corrected chi connectivity index (χ2v) is 9.81. The molecule has 0 aliphatic carbocycles. The quantitative estimate of drug-likeness (QED) is 0.212. The van der Waals surface area contributed by atoms with Crippen molar-refractivity contribution in [3.63, 3.8) is 0 Å². The van der Waals surface area contributed by atoms with Gasteiger partial charge in [0.25, 0.3) is 5.56 Å². The minimum Gasteiger partial charge on any atom is -0.497 e. The molecule has 186 valence electrons. The lowest BCUT2D eigenvalue weighted by atomic mass is 9.99. The lowest BCUT2D eigenvalue weighted by Crippen LogP contribution is -2.22. The average molecular weight is 529 g/mol. The zero-order valence-corrected chi connectivity index (χ0v) is 22.2. The number of nitrogens with zero attached hydrogens (tertiary/aromatic N) is 2. The van der Waals surface area contributed by atoms with Crippen molar-refractivity contribution in [1.29, 1.82) is 0 Å². The van der Waals surface area contributed by atoms with E-state index in [0.717, 1.165) is 57.6 Å². The molecular formula is C31H26Cl2N2O2. The van der Waals surface area contributed by atoms with E-state index in [4.69, 9.17) is 32.9 Å². The Kier molecular flexibility index (Phi) is 7.31. The van der Waals surface area contributed by atoms with Crippen LogP contribution >= 0.6 is 23.2 Å². The Hall–Kier alpha value is -3.60. The van der Waals surface area contributed by atoms with E-state index >= 15 is 0 Å². The van der Waals surface area contributed by atoms with Gasteiger partial charge in [0.1, 0.15) is 5.75 Å². The summed E-state index contributed by atoms with van der Waals surface area (Å²) in [7, 11) is 1.65. The largest absolute Gasteiger partial charge is 0.497 e. The van der Waals surface area contributed by atoms with Crippen molar-refractivity contribution in [1.82, 2.24) is 9.55 Å². The molecule has 0 aliphatic heterocycles. The molecule has 0 aliphatic rings. The van der Waals surface area contributed by atoms with E-state index in [1.54, 1.807) is 7.11 Å². The number of halogens is 2. The highest BCUT2D eigenvalue weighted by atomic mass is 35.5. The molecule has 5 rings (SSSR count). The molecule has 6 heteroatoms. The fourth-order valence-corrected chi connectivity index (χ4v) is 4.71. The van der Waals surface area contributed by atoms with Gasteiger partial charge in [0.05, 0.1) is 24.0 Å². The van der Waals surface area contributed by atoms with Crippen LogP contribution in [0.1, 0.15) is 19.8 Å². The van der Waals surface area contributed by atoms with Crippen LogP contribution < -0.4 is 10.3 Å². The molecule has 0 bridgehead atoms. The van der Waals surface area contributed by atoms with Gasteiger partial charge in [0, 0.05) is 38.7 Å². The second kappa shape index (κ2) is 10.8. The van der Waals surface area contributed by atoms with Crippen LogP contribution in [0.2, 0.25) is 10.0 Å². The van der Waals surface area contributed by atoms with Crippen LogP contribution in [0.3, 0.4) is 0 Å². The average Bonchev–Trinajstić information content (AvgIpc) is 2.92. The number of unbranched alkanes of at least 4 members (excludes halogenated alkanes) is 1. The minimum absolute atomic E-state index is 0.0265. The highest BCUT2D eigenvalue weighted by molar-refractivity contribution is 6.30. The Labute approximate surface area is 226 Å². The number of fused-ring (bicyclic) bond motifs is 1. The van der Waals surface area contributed by atoms with Gasteiger partial charge in [0.15, 0.2) is 0 Å². The van der Waals surface area contributed by atoms with Gasteiger partial charge in [0.2, 0.25) is 0 Å². The van der Waals surface area contributed by atoms with Crippen LogP contribution in [0.4, 0.5) is 0 Å². The van der Waals surface area contributed by atoms with Crippen LogP contribution in [0, 0.1) is 0 Å². The highest BCUT2D eigenvalue weighted by Gasteiger charge is 2.15. The molecule has 0 fully saturated rings. The number of benzene rings is 3. The SMILES string of the molecule is CCCCn1c(=O)c(-c2cc(-c3ccc(Cl)cc3)nc(-c3ccc(Cl)cc3)c2)cc2cc(OC)ccc21. The van der Waals surface area contributed by atoms with Gasteiger partial charge in [-0.1, -0.05) is 60.8 Å². The number of pyridine rings is 2. The molecule has 2 heterocycles. The van der Waals surface area contributed by atoms with Crippen molar-refractivity contribution < 1.29 is 4.74 Å². The first-order valence-corrected chi connectivity index (χ1v) is 13.0. The van der Waals surface area contributed by atoms with E-state index in [2.05, 4.69) is 6.92 Å². The van der Waals surface area contributed by atoms with Crippen molar-refractivity contribution >= 4 is 34.1 Å². The van der Waals surface area contributed by atoms with E-state index < -0.39 is 0 Å². The smallest absolute Gasteiger partial charge is 0.258 e. The summed E-state index contributed by atoms with van der Waals surface area (Å²) in [5.74, 6) is 0.748. The third kappa shape index (κ3) is 5.27. The molecule has 0 amide bonds. The van der Waals surface area contributed by atoms with Gasteiger partial charge in [-0.3, -0.25) is 4.79 Å².